The largest absolute Gasteiger partial charge is 0.305 e. The van der Waals surface area contributed by atoms with Crippen LogP contribution in [0.3, 0.4) is 0 Å². The first kappa shape index (κ1) is 11.3. The van der Waals surface area contributed by atoms with E-state index in [1.54, 1.807) is 25.1 Å². The van der Waals surface area contributed by atoms with Crippen LogP contribution in [0.15, 0.2) is 24.3 Å². The Kier molecular flexibility index (Phi) is 2.91. The third-order valence-corrected chi connectivity index (χ3v) is 2.40. The molecule has 0 aliphatic rings. The van der Waals surface area contributed by atoms with Gasteiger partial charge in [0.05, 0.1) is 5.56 Å². The van der Waals surface area contributed by atoms with E-state index in [1.807, 2.05) is 6.92 Å². The summed E-state index contributed by atoms with van der Waals surface area (Å²) >= 11 is 0. The van der Waals surface area contributed by atoms with Crippen LogP contribution in [0.1, 0.15) is 21.6 Å². The molecule has 17 heavy (non-hydrogen) atoms. The first-order valence-corrected chi connectivity index (χ1v) is 5.16. The van der Waals surface area contributed by atoms with Gasteiger partial charge in [0.1, 0.15) is 5.82 Å². The summed E-state index contributed by atoms with van der Waals surface area (Å²) in [5.74, 6) is -0.642. The van der Waals surface area contributed by atoms with Gasteiger partial charge < -0.3 is 5.32 Å². The highest BCUT2D eigenvalue weighted by Crippen LogP contribution is 2.14. The summed E-state index contributed by atoms with van der Waals surface area (Å²) in [5, 5.41) is 9.10. The molecule has 1 amide bonds. The number of nitrogens with one attached hydrogen (secondary N) is 2. The average Bonchev–Trinajstić information content (AvgIpc) is 2.63. The van der Waals surface area contributed by atoms with Crippen molar-refractivity contribution in [1.82, 2.24) is 10.2 Å². The number of amides is 1. The summed E-state index contributed by atoms with van der Waals surface area (Å²) in [4.78, 5) is 11.9. The van der Waals surface area contributed by atoms with Crippen molar-refractivity contribution in [2.75, 3.05) is 5.32 Å². The van der Waals surface area contributed by atoms with Gasteiger partial charge in [-0.2, -0.15) is 5.10 Å². The summed E-state index contributed by atoms with van der Waals surface area (Å²) in [6, 6.07) is 6.19. The van der Waals surface area contributed by atoms with E-state index in [0.29, 0.717) is 11.4 Å². The van der Waals surface area contributed by atoms with Gasteiger partial charge in [-0.15, -0.1) is 0 Å². The van der Waals surface area contributed by atoms with E-state index in [9.17, 15) is 9.18 Å². The zero-order valence-corrected chi connectivity index (χ0v) is 9.54. The first-order valence-electron chi connectivity index (χ1n) is 5.16. The number of aromatic amines is 1. The second-order valence-electron chi connectivity index (χ2n) is 3.82. The van der Waals surface area contributed by atoms with E-state index in [-0.39, 0.29) is 5.56 Å². The van der Waals surface area contributed by atoms with E-state index >= 15 is 0 Å². The highest BCUT2D eigenvalue weighted by Gasteiger charge is 2.15. The SMILES string of the molecule is Cc1cc(NC(=O)c2c(C)cccc2F)n[nH]1. The van der Waals surface area contributed by atoms with Crippen LogP contribution in [0.2, 0.25) is 0 Å². The van der Waals surface area contributed by atoms with Crippen LogP contribution in [0.4, 0.5) is 10.2 Å². The molecular formula is C12H12FN3O. The fourth-order valence-corrected chi connectivity index (χ4v) is 1.58. The molecule has 0 fully saturated rings. The van der Waals surface area contributed by atoms with Crippen molar-refractivity contribution in [1.29, 1.82) is 0 Å². The number of halogens is 1. The lowest BCUT2D eigenvalue weighted by molar-refractivity contribution is 0.102. The number of carbonyl (C=O) groups is 1. The predicted molar refractivity (Wildman–Crippen MR) is 62.4 cm³/mol. The van der Waals surface area contributed by atoms with Crippen LogP contribution in [0.25, 0.3) is 0 Å². The molecule has 0 atom stereocenters. The van der Waals surface area contributed by atoms with Gasteiger partial charge in [0, 0.05) is 11.8 Å². The highest BCUT2D eigenvalue weighted by molar-refractivity contribution is 6.04. The number of H-pyrrole nitrogens is 1. The molecule has 1 aromatic carbocycles. The minimum Gasteiger partial charge on any atom is -0.305 e. The third-order valence-electron chi connectivity index (χ3n) is 2.40. The Balaban J connectivity index is 2.26. The maximum Gasteiger partial charge on any atom is 0.260 e. The minimum absolute atomic E-state index is 0.0492. The van der Waals surface area contributed by atoms with Crippen LogP contribution < -0.4 is 5.32 Å². The molecule has 0 unspecified atom stereocenters. The summed E-state index contributed by atoms with van der Waals surface area (Å²) in [7, 11) is 0. The molecule has 2 N–H and O–H groups in total. The van der Waals surface area contributed by atoms with Crippen molar-refractivity contribution in [3.63, 3.8) is 0 Å². The summed E-state index contributed by atoms with van der Waals surface area (Å²) < 4.78 is 13.5. The Morgan fingerprint density at radius 2 is 2.18 bits per heavy atom. The molecule has 0 aliphatic carbocycles. The van der Waals surface area contributed by atoms with Gasteiger partial charge in [0.25, 0.3) is 5.91 Å². The van der Waals surface area contributed by atoms with Crippen LogP contribution in [-0.2, 0) is 0 Å². The van der Waals surface area contributed by atoms with Crippen molar-refractivity contribution < 1.29 is 9.18 Å². The summed E-state index contributed by atoms with van der Waals surface area (Å²) in [6.07, 6.45) is 0. The molecule has 1 heterocycles. The van der Waals surface area contributed by atoms with Gasteiger partial charge in [-0.1, -0.05) is 12.1 Å². The standard InChI is InChI=1S/C12H12FN3O/c1-7-4-3-5-9(13)11(7)12(17)14-10-6-8(2)15-16-10/h3-6H,1-2H3,(H2,14,15,16,17). The quantitative estimate of drug-likeness (QED) is 0.836. The monoisotopic (exact) mass is 233 g/mol. The lowest BCUT2D eigenvalue weighted by atomic mass is 10.1. The minimum atomic E-state index is -0.533. The van der Waals surface area contributed by atoms with Gasteiger partial charge in [-0.25, -0.2) is 4.39 Å². The van der Waals surface area contributed by atoms with Crippen molar-refractivity contribution in [2.45, 2.75) is 13.8 Å². The molecule has 0 saturated heterocycles. The Morgan fingerprint density at radius 3 is 2.76 bits per heavy atom. The molecule has 0 radical (unpaired) electrons. The van der Waals surface area contributed by atoms with Gasteiger partial charge in [0.15, 0.2) is 5.82 Å². The number of aromatic nitrogens is 2. The van der Waals surface area contributed by atoms with E-state index in [2.05, 4.69) is 15.5 Å². The first-order chi connectivity index (χ1) is 8.08. The number of benzene rings is 1. The molecule has 0 aliphatic heterocycles. The number of rotatable bonds is 2. The number of hydrogen-bond acceptors (Lipinski definition) is 2. The number of nitrogens with zero attached hydrogens (tertiary/aromatic N) is 1. The molecule has 0 saturated carbocycles. The maximum absolute atomic E-state index is 13.5. The molecule has 2 aromatic rings. The van der Waals surface area contributed by atoms with Gasteiger partial charge in [-0.05, 0) is 25.5 Å². The molecule has 1 aromatic heterocycles. The lowest BCUT2D eigenvalue weighted by Gasteiger charge is -2.06. The molecule has 2 rings (SSSR count). The Morgan fingerprint density at radius 1 is 1.41 bits per heavy atom. The number of anilines is 1. The lowest BCUT2D eigenvalue weighted by Crippen LogP contribution is -2.15. The molecule has 5 heteroatoms. The summed E-state index contributed by atoms with van der Waals surface area (Å²) in [6.45, 7) is 3.50. The molecule has 0 spiro atoms. The van der Waals surface area contributed by atoms with Gasteiger partial charge >= 0.3 is 0 Å². The number of aryl methyl sites for hydroxylation is 2. The molecule has 4 nitrogen and oxygen atoms in total. The van der Waals surface area contributed by atoms with E-state index in [1.165, 1.54) is 6.07 Å². The fraction of sp³-hybridized carbons (Fsp3) is 0.167. The maximum atomic E-state index is 13.5. The van der Waals surface area contributed by atoms with Gasteiger partial charge in [-0.3, -0.25) is 9.89 Å². The second kappa shape index (κ2) is 4.37. The molecule has 88 valence electrons. The van der Waals surface area contributed by atoms with Crippen LogP contribution in [0, 0.1) is 19.7 Å². The fourth-order valence-electron chi connectivity index (χ4n) is 1.58. The number of hydrogen-bond donors (Lipinski definition) is 2. The van der Waals surface area contributed by atoms with E-state index < -0.39 is 11.7 Å². The normalized spacial score (nSPS) is 10.3. The predicted octanol–water partition coefficient (Wildman–Crippen LogP) is 2.42. The zero-order valence-electron chi connectivity index (χ0n) is 9.54. The highest BCUT2D eigenvalue weighted by atomic mass is 19.1. The van der Waals surface area contributed by atoms with E-state index in [0.717, 1.165) is 5.69 Å². The van der Waals surface area contributed by atoms with Crippen LogP contribution in [0.5, 0.6) is 0 Å². The second-order valence-corrected chi connectivity index (χ2v) is 3.82. The zero-order chi connectivity index (χ0) is 12.4. The average molecular weight is 233 g/mol. The smallest absolute Gasteiger partial charge is 0.260 e. The number of carbonyl (C=O) groups excluding carboxylic acids is 1. The Bertz CT molecular complexity index is 542. The Labute approximate surface area is 97.9 Å². The third kappa shape index (κ3) is 2.33. The van der Waals surface area contributed by atoms with Crippen molar-refractivity contribution in [2.24, 2.45) is 0 Å². The molecule has 0 bridgehead atoms. The van der Waals surface area contributed by atoms with Crippen molar-refractivity contribution in [3.8, 4) is 0 Å². The van der Waals surface area contributed by atoms with Crippen molar-refractivity contribution in [3.05, 3.63) is 46.9 Å². The topological polar surface area (TPSA) is 57.8 Å². The van der Waals surface area contributed by atoms with Crippen molar-refractivity contribution >= 4 is 11.7 Å². The van der Waals surface area contributed by atoms with Crippen LogP contribution in [-0.4, -0.2) is 16.1 Å². The van der Waals surface area contributed by atoms with Gasteiger partial charge in [0.2, 0.25) is 0 Å². The van der Waals surface area contributed by atoms with E-state index in [4.69, 9.17) is 0 Å². The summed E-state index contributed by atoms with van der Waals surface area (Å²) in [5.41, 5.74) is 1.47. The Hall–Kier alpha value is -2.17. The van der Waals surface area contributed by atoms with Crippen LogP contribution >= 0.6 is 0 Å². The molecular weight excluding hydrogens is 221 g/mol.